The lowest BCUT2D eigenvalue weighted by atomic mass is 9.96. The van der Waals surface area contributed by atoms with E-state index in [0.717, 1.165) is 18.4 Å². The monoisotopic (exact) mass is 360 g/mol. The Balaban J connectivity index is 1.61. The van der Waals surface area contributed by atoms with Gasteiger partial charge in [0.25, 0.3) is 5.91 Å². The van der Waals surface area contributed by atoms with Gasteiger partial charge in [0.05, 0.1) is 16.8 Å². The Kier molecular flexibility index (Phi) is 5.48. The minimum Gasteiger partial charge on any atom is -0.349 e. The summed E-state index contributed by atoms with van der Waals surface area (Å²) in [4.78, 5) is 27.5. The molecule has 3 rings (SSSR count). The molecule has 0 aliphatic carbocycles. The van der Waals surface area contributed by atoms with Crippen LogP contribution in [-0.2, 0) is 4.79 Å². The number of benzene rings is 1. The fraction of sp³-hybridized carbons (Fsp3) is 0.368. The fourth-order valence-corrected chi connectivity index (χ4v) is 3.81. The number of likely N-dealkylation sites (tertiary alicyclic amines) is 1. The molecule has 0 unspecified atom stereocenters. The van der Waals surface area contributed by atoms with Gasteiger partial charge in [0, 0.05) is 13.1 Å². The van der Waals surface area contributed by atoms with Crippen LogP contribution in [0.1, 0.15) is 41.0 Å². The number of amides is 2. The molecular formula is C19H21FN2O2S. The van der Waals surface area contributed by atoms with Gasteiger partial charge in [-0.15, -0.1) is 11.3 Å². The summed E-state index contributed by atoms with van der Waals surface area (Å²) >= 11 is 1.42. The molecule has 2 aromatic rings. The van der Waals surface area contributed by atoms with Crippen molar-refractivity contribution in [3.63, 3.8) is 0 Å². The third-order valence-electron chi connectivity index (χ3n) is 4.52. The van der Waals surface area contributed by atoms with E-state index in [1.54, 1.807) is 17.0 Å². The first-order chi connectivity index (χ1) is 12.0. The summed E-state index contributed by atoms with van der Waals surface area (Å²) < 4.78 is 13.3. The van der Waals surface area contributed by atoms with Gasteiger partial charge in [-0.05, 0) is 48.9 Å². The molecule has 1 aromatic carbocycles. The second-order valence-electron chi connectivity index (χ2n) is 6.35. The van der Waals surface area contributed by atoms with Crippen LogP contribution in [0.5, 0.6) is 0 Å². The molecule has 0 radical (unpaired) electrons. The number of rotatable bonds is 4. The number of hydrogen-bond donors (Lipinski definition) is 1. The van der Waals surface area contributed by atoms with Gasteiger partial charge in [0.15, 0.2) is 0 Å². The van der Waals surface area contributed by atoms with E-state index in [2.05, 4.69) is 5.32 Å². The standard InChI is InChI=1S/C19H21FN2O2S/c1-13(14-5-2-7-16(20)11-14)21-18(23)15-6-3-9-22(12-15)19(24)17-8-4-10-25-17/h2,4-5,7-8,10-11,13,15H,3,6,9,12H2,1H3,(H,21,23)/t13-,15+/m0/s1. The van der Waals surface area contributed by atoms with Crippen LogP contribution in [0.2, 0.25) is 0 Å². The second-order valence-corrected chi connectivity index (χ2v) is 7.30. The maximum atomic E-state index is 13.3. The number of nitrogens with zero attached hydrogens (tertiary/aromatic N) is 1. The van der Waals surface area contributed by atoms with Crippen LogP contribution in [0.25, 0.3) is 0 Å². The van der Waals surface area contributed by atoms with Crippen molar-refractivity contribution in [2.24, 2.45) is 5.92 Å². The predicted molar refractivity (Wildman–Crippen MR) is 95.9 cm³/mol. The van der Waals surface area contributed by atoms with Gasteiger partial charge in [-0.2, -0.15) is 0 Å². The first-order valence-electron chi connectivity index (χ1n) is 8.43. The quantitative estimate of drug-likeness (QED) is 0.905. The zero-order chi connectivity index (χ0) is 17.8. The smallest absolute Gasteiger partial charge is 0.263 e. The molecule has 1 N–H and O–H groups in total. The van der Waals surface area contributed by atoms with E-state index in [0.29, 0.717) is 18.0 Å². The zero-order valence-electron chi connectivity index (χ0n) is 14.1. The van der Waals surface area contributed by atoms with E-state index in [9.17, 15) is 14.0 Å². The highest BCUT2D eigenvalue weighted by molar-refractivity contribution is 7.12. The molecular weight excluding hydrogens is 339 g/mol. The first-order valence-corrected chi connectivity index (χ1v) is 9.31. The normalized spacial score (nSPS) is 18.6. The number of halogens is 1. The second kappa shape index (κ2) is 7.78. The largest absolute Gasteiger partial charge is 0.349 e. The summed E-state index contributed by atoms with van der Waals surface area (Å²) in [6, 6.07) is 9.63. The Morgan fingerprint density at radius 3 is 2.88 bits per heavy atom. The zero-order valence-corrected chi connectivity index (χ0v) is 14.9. The van der Waals surface area contributed by atoms with Crippen molar-refractivity contribution in [3.8, 4) is 0 Å². The molecule has 0 bridgehead atoms. The molecule has 2 atom stereocenters. The Morgan fingerprint density at radius 1 is 1.32 bits per heavy atom. The molecule has 1 aliphatic heterocycles. The van der Waals surface area contributed by atoms with Gasteiger partial charge in [0.1, 0.15) is 5.82 Å². The SMILES string of the molecule is C[C@H](NC(=O)[C@@H]1CCCN(C(=O)c2cccs2)C1)c1cccc(F)c1. The number of nitrogens with one attached hydrogen (secondary N) is 1. The van der Waals surface area contributed by atoms with Crippen LogP contribution in [0.15, 0.2) is 41.8 Å². The third kappa shape index (κ3) is 4.25. The van der Waals surface area contributed by atoms with Crippen LogP contribution in [-0.4, -0.2) is 29.8 Å². The van der Waals surface area contributed by atoms with E-state index >= 15 is 0 Å². The predicted octanol–water partition coefficient (Wildman–Crippen LogP) is 3.62. The van der Waals surface area contributed by atoms with E-state index in [1.807, 2.05) is 24.4 Å². The Labute approximate surface area is 150 Å². The molecule has 25 heavy (non-hydrogen) atoms. The van der Waals surface area contributed by atoms with Gasteiger partial charge < -0.3 is 10.2 Å². The molecule has 1 fully saturated rings. The highest BCUT2D eigenvalue weighted by Crippen LogP contribution is 2.22. The topological polar surface area (TPSA) is 49.4 Å². The minimum absolute atomic E-state index is 0.00863. The third-order valence-corrected chi connectivity index (χ3v) is 5.38. The summed E-state index contributed by atoms with van der Waals surface area (Å²) in [6.45, 7) is 2.95. The van der Waals surface area contributed by atoms with Crippen LogP contribution in [0.4, 0.5) is 4.39 Å². The molecule has 132 valence electrons. The summed E-state index contributed by atoms with van der Waals surface area (Å²) in [5, 5.41) is 4.82. The first kappa shape index (κ1) is 17.6. The summed E-state index contributed by atoms with van der Waals surface area (Å²) in [5.41, 5.74) is 0.732. The van der Waals surface area contributed by atoms with Gasteiger partial charge in [-0.25, -0.2) is 4.39 Å². The number of carbonyl (C=O) groups is 2. The van der Waals surface area contributed by atoms with Crippen LogP contribution in [0.3, 0.4) is 0 Å². The summed E-state index contributed by atoms with van der Waals surface area (Å²) in [5.74, 6) is -0.635. The maximum Gasteiger partial charge on any atom is 0.263 e. The Bertz CT molecular complexity index is 748. The van der Waals surface area contributed by atoms with E-state index in [-0.39, 0.29) is 29.6 Å². The Morgan fingerprint density at radius 2 is 2.16 bits per heavy atom. The van der Waals surface area contributed by atoms with E-state index in [4.69, 9.17) is 0 Å². The van der Waals surface area contributed by atoms with Gasteiger partial charge in [-0.1, -0.05) is 18.2 Å². The average molecular weight is 360 g/mol. The van der Waals surface area contributed by atoms with Crippen LogP contribution in [0, 0.1) is 11.7 Å². The van der Waals surface area contributed by atoms with Crippen LogP contribution < -0.4 is 5.32 Å². The Hall–Kier alpha value is -2.21. The molecule has 4 nitrogen and oxygen atoms in total. The average Bonchev–Trinajstić information content (AvgIpc) is 3.15. The van der Waals surface area contributed by atoms with Crippen molar-refractivity contribution in [1.82, 2.24) is 10.2 Å². The van der Waals surface area contributed by atoms with Crippen molar-refractivity contribution < 1.29 is 14.0 Å². The van der Waals surface area contributed by atoms with Crippen molar-refractivity contribution in [2.45, 2.75) is 25.8 Å². The lowest BCUT2D eigenvalue weighted by Gasteiger charge is -2.32. The van der Waals surface area contributed by atoms with E-state index < -0.39 is 0 Å². The van der Waals surface area contributed by atoms with E-state index in [1.165, 1.54) is 23.5 Å². The minimum atomic E-state index is -0.316. The summed E-state index contributed by atoms with van der Waals surface area (Å²) in [7, 11) is 0. The number of thiophene rings is 1. The van der Waals surface area contributed by atoms with Crippen molar-refractivity contribution in [3.05, 3.63) is 58.0 Å². The molecule has 1 aromatic heterocycles. The molecule has 1 saturated heterocycles. The molecule has 1 aliphatic rings. The van der Waals surface area contributed by atoms with Crippen molar-refractivity contribution >= 4 is 23.2 Å². The fourth-order valence-electron chi connectivity index (χ4n) is 3.12. The number of piperidine rings is 1. The lowest BCUT2D eigenvalue weighted by molar-refractivity contribution is -0.127. The lowest BCUT2D eigenvalue weighted by Crippen LogP contribution is -2.45. The van der Waals surface area contributed by atoms with Crippen molar-refractivity contribution in [2.75, 3.05) is 13.1 Å². The molecule has 0 saturated carbocycles. The maximum absolute atomic E-state index is 13.3. The molecule has 0 spiro atoms. The van der Waals surface area contributed by atoms with Crippen LogP contribution >= 0.6 is 11.3 Å². The summed E-state index contributed by atoms with van der Waals surface area (Å²) in [6.07, 6.45) is 1.57. The highest BCUT2D eigenvalue weighted by Gasteiger charge is 2.29. The van der Waals surface area contributed by atoms with Crippen molar-refractivity contribution in [1.29, 1.82) is 0 Å². The number of hydrogen-bond acceptors (Lipinski definition) is 3. The number of carbonyl (C=O) groups excluding carboxylic acids is 2. The van der Waals surface area contributed by atoms with Gasteiger partial charge >= 0.3 is 0 Å². The molecule has 2 heterocycles. The molecule has 2 amide bonds. The van der Waals surface area contributed by atoms with Gasteiger partial charge in [0.2, 0.25) is 5.91 Å². The highest BCUT2D eigenvalue weighted by atomic mass is 32.1. The molecule has 6 heteroatoms. The van der Waals surface area contributed by atoms with Gasteiger partial charge in [-0.3, -0.25) is 9.59 Å².